The number of anilines is 1. The first-order valence-electron chi connectivity index (χ1n) is 12.2. The molecule has 3 aromatic carbocycles. The number of rotatable bonds is 10. The van der Waals surface area contributed by atoms with Crippen molar-refractivity contribution in [3.05, 3.63) is 92.9 Å². The van der Waals surface area contributed by atoms with Crippen molar-refractivity contribution in [3.8, 4) is 0 Å². The number of carbonyl (C=O) groups excluding carboxylic acids is 2. The summed E-state index contributed by atoms with van der Waals surface area (Å²) in [6, 6.07) is 16.4. The minimum Gasteiger partial charge on any atom is -0.352 e. The summed E-state index contributed by atoms with van der Waals surface area (Å²) < 4.78 is 28.7. The van der Waals surface area contributed by atoms with Crippen LogP contribution < -0.4 is 9.62 Å². The summed E-state index contributed by atoms with van der Waals surface area (Å²) in [7, 11) is -4.18. The van der Waals surface area contributed by atoms with Gasteiger partial charge in [0.25, 0.3) is 10.0 Å². The lowest BCUT2D eigenvalue weighted by atomic mass is 10.1. The Hall–Kier alpha value is -2.78. The maximum absolute atomic E-state index is 13.9. The second-order valence-electron chi connectivity index (χ2n) is 9.36. The van der Waals surface area contributed by atoms with Gasteiger partial charge in [0.1, 0.15) is 12.6 Å². The molecule has 1 N–H and O–H groups in total. The van der Waals surface area contributed by atoms with Gasteiger partial charge >= 0.3 is 0 Å². The molecule has 0 radical (unpaired) electrons. The average Bonchev–Trinajstić information content (AvgIpc) is 2.87. The van der Waals surface area contributed by atoms with Crippen molar-refractivity contribution in [2.75, 3.05) is 10.8 Å². The Morgan fingerprint density at radius 2 is 1.54 bits per heavy atom. The van der Waals surface area contributed by atoms with Gasteiger partial charge in [0, 0.05) is 17.6 Å². The van der Waals surface area contributed by atoms with E-state index < -0.39 is 28.5 Å². The molecule has 0 aliphatic rings. The molecular weight excluding hydrogens is 581 g/mol. The molecule has 3 rings (SSSR count). The summed E-state index contributed by atoms with van der Waals surface area (Å²) >= 11 is 18.2. The molecule has 11 heteroatoms. The fourth-order valence-corrected chi connectivity index (χ4v) is 5.84. The topological polar surface area (TPSA) is 86.8 Å². The van der Waals surface area contributed by atoms with Crippen LogP contribution in [0.15, 0.2) is 71.6 Å². The molecule has 0 aliphatic carbocycles. The van der Waals surface area contributed by atoms with Crippen molar-refractivity contribution in [1.82, 2.24) is 10.2 Å². The van der Waals surface area contributed by atoms with Crippen LogP contribution in [0.5, 0.6) is 0 Å². The number of benzene rings is 3. The van der Waals surface area contributed by atoms with Crippen molar-refractivity contribution in [2.24, 2.45) is 0 Å². The van der Waals surface area contributed by atoms with Crippen molar-refractivity contribution >= 4 is 62.3 Å². The van der Waals surface area contributed by atoms with E-state index in [2.05, 4.69) is 5.32 Å². The van der Waals surface area contributed by atoms with Crippen LogP contribution in [-0.2, 0) is 26.2 Å². The van der Waals surface area contributed by atoms with Gasteiger partial charge < -0.3 is 10.2 Å². The van der Waals surface area contributed by atoms with Gasteiger partial charge in [0.15, 0.2) is 0 Å². The third kappa shape index (κ3) is 7.66. The Morgan fingerprint density at radius 1 is 0.897 bits per heavy atom. The lowest BCUT2D eigenvalue weighted by Crippen LogP contribution is -2.52. The third-order valence-electron chi connectivity index (χ3n) is 6.00. The van der Waals surface area contributed by atoms with E-state index in [1.807, 2.05) is 13.8 Å². The predicted octanol–water partition coefficient (Wildman–Crippen LogP) is 6.09. The van der Waals surface area contributed by atoms with E-state index in [-0.39, 0.29) is 23.4 Å². The van der Waals surface area contributed by atoms with Crippen LogP contribution in [-0.4, -0.2) is 43.8 Å². The number of nitrogens with one attached hydrogen (secondary N) is 1. The normalized spacial score (nSPS) is 12.2. The quantitative estimate of drug-likeness (QED) is 0.301. The summed E-state index contributed by atoms with van der Waals surface area (Å²) in [5.41, 5.74) is 1.63. The van der Waals surface area contributed by atoms with E-state index in [0.29, 0.717) is 31.9 Å². The molecule has 0 heterocycles. The number of hydrogen-bond acceptors (Lipinski definition) is 4. The predicted molar refractivity (Wildman–Crippen MR) is 157 cm³/mol. The van der Waals surface area contributed by atoms with Gasteiger partial charge in [0.2, 0.25) is 11.8 Å². The summed E-state index contributed by atoms with van der Waals surface area (Å²) in [4.78, 5) is 28.2. The summed E-state index contributed by atoms with van der Waals surface area (Å²) in [5, 5.41) is 3.84. The van der Waals surface area contributed by atoms with Gasteiger partial charge in [-0.3, -0.25) is 13.9 Å². The second-order valence-corrected chi connectivity index (χ2v) is 12.5. The number of para-hydroxylation sites is 1. The largest absolute Gasteiger partial charge is 0.352 e. The van der Waals surface area contributed by atoms with Crippen molar-refractivity contribution < 1.29 is 18.0 Å². The smallest absolute Gasteiger partial charge is 0.264 e. The van der Waals surface area contributed by atoms with E-state index in [1.165, 1.54) is 29.2 Å². The molecule has 0 aromatic heterocycles. The molecule has 0 spiro atoms. The van der Waals surface area contributed by atoms with Crippen LogP contribution in [0.25, 0.3) is 0 Å². The number of halogens is 3. The number of nitrogens with zero attached hydrogens (tertiary/aromatic N) is 2. The Morgan fingerprint density at radius 3 is 2.13 bits per heavy atom. The summed E-state index contributed by atoms with van der Waals surface area (Å²) in [6.45, 7) is 6.44. The van der Waals surface area contributed by atoms with E-state index >= 15 is 0 Å². The van der Waals surface area contributed by atoms with Crippen LogP contribution in [0.3, 0.4) is 0 Å². The second kappa shape index (κ2) is 13.0. The molecule has 1 atom stereocenters. The molecule has 0 fully saturated rings. The lowest BCUT2D eigenvalue weighted by Gasteiger charge is -2.32. The van der Waals surface area contributed by atoms with Crippen molar-refractivity contribution in [3.63, 3.8) is 0 Å². The maximum Gasteiger partial charge on any atom is 0.264 e. The monoisotopic (exact) mass is 609 g/mol. The number of sulfonamides is 1. The zero-order valence-corrected chi connectivity index (χ0v) is 25.1. The van der Waals surface area contributed by atoms with Gasteiger partial charge in [-0.25, -0.2) is 8.42 Å². The molecule has 208 valence electrons. The fourth-order valence-electron chi connectivity index (χ4n) is 3.91. The molecule has 0 saturated heterocycles. The Labute approximate surface area is 244 Å². The van der Waals surface area contributed by atoms with Gasteiger partial charge in [-0.15, -0.1) is 0 Å². The minimum absolute atomic E-state index is 0.00497. The Balaban J connectivity index is 2.05. The Bertz CT molecular complexity index is 1450. The van der Waals surface area contributed by atoms with Gasteiger partial charge in [-0.05, 0) is 81.3 Å². The Kier molecular flexibility index (Phi) is 10.3. The standard InChI is InChI=1S/C28H30Cl3N3O4S/c1-18(2)32-28(36)20(4)33(16-21-9-14-24(30)25(31)15-21)27(35)17-34(26-8-6-5-7-19(26)3)39(37,38)23-12-10-22(29)11-13-23/h5-15,18,20H,16-17H2,1-4H3,(H,32,36)/t20-/m0/s1. The molecule has 2 amide bonds. The average molecular weight is 611 g/mol. The molecule has 0 saturated carbocycles. The van der Waals surface area contributed by atoms with Crippen molar-refractivity contribution in [1.29, 1.82) is 0 Å². The fraction of sp³-hybridized carbons (Fsp3) is 0.286. The highest BCUT2D eigenvalue weighted by Gasteiger charge is 2.33. The number of carbonyl (C=O) groups is 2. The highest BCUT2D eigenvalue weighted by Crippen LogP contribution is 2.28. The summed E-state index contributed by atoms with van der Waals surface area (Å²) in [6.07, 6.45) is 0. The minimum atomic E-state index is -4.18. The molecule has 0 unspecified atom stereocenters. The van der Waals surface area contributed by atoms with Gasteiger partial charge in [-0.2, -0.15) is 0 Å². The lowest BCUT2D eigenvalue weighted by molar-refractivity contribution is -0.139. The van der Waals surface area contributed by atoms with Crippen LogP contribution in [0, 0.1) is 6.92 Å². The van der Waals surface area contributed by atoms with Crippen molar-refractivity contribution in [2.45, 2.75) is 51.2 Å². The number of hydrogen-bond donors (Lipinski definition) is 1. The van der Waals surface area contributed by atoms with Crippen LogP contribution in [0.2, 0.25) is 15.1 Å². The molecular formula is C28H30Cl3N3O4S. The number of amides is 2. The van der Waals surface area contributed by atoms with E-state index in [0.717, 1.165) is 4.31 Å². The SMILES string of the molecule is Cc1ccccc1N(CC(=O)N(Cc1ccc(Cl)c(Cl)c1)[C@@H](C)C(=O)NC(C)C)S(=O)(=O)c1ccc(Cl)cc1. The highest BCUT2D eigenvalue weighted by atomic mass is 35.5. The molecule has 0 bridgehead atoms. The van der Waals surface area contributed by atoms with E-state index in [1.54, 1.807) is 56.3 Å². The first-order valence-corrected chi connectivity index (χ1v) is 14.8. The molecule has 0 aliphatic heterocycles. The number of aryl methyl sites for hydroxylation is 1. The first kappa shape index (κ1) is 30.8. The molecule has 39 heavy (non-hydrogen) atoms. The summed E-state index contributed by atoms with van der Waals surface area (Å²) in [5.74, 6) is -0.949. The third-order valence-corrected chi connectivity index (χ3v) is 8.76. The zero-order valence-electron chi connectivity index (χ0n) is 22.0. The zero-order chi connectivity index (χ0) is 28.9. The highest BCUT2D eigenvalue weighted by molar-refractivity contribution is 7.92. The molecule has 3 aromatic rings. The van der Waals surface area contributed by atoms with Gasteiger partial charge in [0.05, 0.1) is 20.6 Å². The maximum atomic E-state index is 13.9. The van der Waals surface area contributed by atoms with Crippen LogP contribution in [0.4, 0.5) is 5.69 Å². The van der Waals surface area contributed by atoms with Crippen LogP contribution >= 0.6 is 34.8 Å². The van der Waals surface area contributed by atoms with E-state index in [4.69, 9.17) is 34.8 Å². The van der Waals surface area contributed by atoms with E-state index in [9.17, 15) is 18.0 Å². The van der Waals surface area contributed by atoms with Gasteiger partial charge in [-0.1, -0.05) is 59.1 Å². The van der Waals surface area contributed by atoms with Crippen LogP contribution in [0.1, 0.15) is 31.9 Å². The first-order chi connectivity index (χ1) is 18.3. The molecule has 7 nitrogen and oxygen atoms in total.